The molecule has 0 radical (unpaired) electrons. The number of aromatic nitrogens is 2. The van der Waals surface area contributed by atoms with E-state index < -0.39 is 0 Å². The molecule has 0 aliphatic carbocycles. The molecule has 5 nitrogen and oxygen atoms in total. The highest BCUT2D eigenvalue weighted by atomic mass is 16.5. The number of imidazole rings is 1. The van der Waals surface area contributed by atoms with Crippen molar-refractivity contribution in [2.45, 2.75) is 25.6 Å². The zero-order chi connectivity index (χ0) is 14.7. The maximum absolute atomic E-state index is 5.94. The molecule has 112 valence electrons. The van der Waals surface area contributed by atoms with Crippen LogP contribution in [0.1, 0.15) is 12.5 Å². The molecule has 2 unspecified atom stereocenters. The molecule has 0 saturated carbocycles. The molecule has 1 aliphatic heterocycles. The van der Waals surface area contributed by atoms with E-state index in [0.29, 0.717) is 0 Å². The molecule has 0 spiro atoms. The predicted octanol–water partition coefficient (Wildman–Crippen LogP) is 1.42. The fraction of sp³-hybridized carbons (Fsp3) is 0.438. The summed E-state index contributed by atoms with van der Waals surface area (Å²) in [7, 11) is 0. The number of hydrogen-bond acceptors (Lipinski definition) is 4. The highest BCUT2D eigenvalue weighted by molar-refractivity contribution is 5.34. The largest absolute Gasteiger partial charge is 0.374 e. The van der Waals surface area contributed by atoms with Crippen molar-refractivity contribution in [1.82, 2.24) is 14.5 Å². The number of rotatable bonds is 4. The van der Waals surface area contributed by atoms with Crippen LogP contribution in [0.15, 0.2) is 43.0 Å². The smallest absolute Gasteiger partial charge is 0.0991 e. The number of benzene rings is 1. The lowest BCUT2D eigenvalue weighted by molar-refractivity contribution is -0.0403. The molecule has 2 heterocycles. The summed E-state index contributed by atoms with van der Waals surface area (Å²) in [6.45, 7) is 5.58. The van der Waals surface area contributed by atoms with Crippen LogP contribution in [0.25, 0.3) is 5.69 Å². The Bertz CT molecular complexity index is 550. The number of ether oxygens (including phenoxy) is 1. The van der Waals surface area contributed by atoms with Gasteiger partial charge in [-0.3, -0.25) is 4.90 Å². The topological polar surface area (TPSA) is 56.3 Å². The Balaban J connectivity index is 1.62. The Morgan fingerprint density at radius 1 is 1.38 bits per heavy atom. The standard InChI is InChI=1S/C16H22N4O/c1-13(17)16-11-19(8-9-21-16)10-14-2-4-15(5-3-14)20-7-6-18-12-20/h2-7,12-13,16H,8-11,17H2,1H3. The van der Waals surface area contributed by atoms with Crippen molar-refractivity contribution in [3.8, 4) is 5.69 Å². The molecule has 21 heavy (non-hydrogen) atoms. The summed E-state index contributed by atoms with van der Waals surface area (Å²) >= 11 is 0. The van der Waals surface area contributed by atoms with Crippen molar-refractivity contribution in [1.29, 1.82) is 0 Å². The van der Waals surface area contributed by atoms with Gasteiger partial charge in [-0.1, -0.05) is 12.1 Å². The summed E-state index contributed by atoms with van der Waals surface area (Å²) in [6.07, 6.45) is 5.69. The number of morpholine rings is 1. The van der Waals surface area contributed by atoms with Crippen molar-refractivity contribution < 1.29 is 4.74 Å². The van der Waals surface area contributed by atoms with Crippen molar-refractivity contribution in [3.63, 3.8) is 0 Å². The van der Waals surface area contributed by atoms with Gasteiger partial charge in [0.05, 0.1) is 19.0 Å². The molecule has 5 heteroatoms. The summed E-state index contributed by atoms with van der Waals surface area (Å²) in [5.74, 6) is 0. The molecule has 3 rings (SSSR count). The second-order valence-electron chi connectivity index (χ2n) is 5.64. The maximum atomic E-state index is 5.94. The van der Waals surface area contributed by atoms with Crippen LogP contribution >= 0.6 is 0 Å². The average Bonchev–Trinajstić information content (AvgIpc) is 3.02. The van der Waals surface area contributed by atoms with E-state index in [2.05, 4.69) is 34.1 Å². The second kappa shape index (κ2) is 6.39. The van der Waals surface area contributed by atoms with Crippen molar-refractivity contribution in [2.75, 3.05) is 19.7 Å². The van der Waals surface area contributed by atoms with Crippen LogP contribution in [-0.4, -0.2) is 46.3 Å². The van der Waals surface area contributed by atoms with Crippen LogP contribution < -0.4 is 5.73 Å². The monoisotopic (exact) mass is 286 g/mol. The highest BCUT2D eigenvalue weighted by Gasteiger charge is 2.23. The van der Waals surface area contributed by atoms with Crippen LogP contribution in [0.4, 0.5) is 0 Å². The molecule has 2 atom stereocenters. The van der Waals surface area contributed by atoms with E-state index in [0.717, 1.165) is 31.9 Å². The molecule has 1 aromatic carbocycles. The summed E-state index contributed by atoms with van der Waals surface area (Å²) in [5, 5.41) is 0. The van der Waals surface area contributed by atoms with E-state index in [1.807, 2.05) is 24.0 Å². The van der Waals surface area contributed by atoms with Gasteiger partial charge in [-0.05, 0) is 24.6 Å². The Morgan fingerprint density at radius 2 is 2.19 bits per heavy atom. The Kier molecular flexibility index (Phi) is 4.34. The van der Waals surface area contributed by atoms with Crippen molar-refractivity contribution >= 4 is 0 Å². The van der Waals surface area contributed by atoms with Crippen LogP contribution in [0.2, 0.25) is 0 Å². The summed E-state index contributed by atoms with van der Waals surface area (Å²) in [4.78, 5) is 6.47. The highest BCUT2D eigenvalue weighted by Crippen LogP contribution is 2.14. The summed E-state index contributed by atoms with van der Waals surface area (Å²) in [6, 6.07) is 8.68. The summed E-state index contributed by atoms with van der Waals surface area (Å²) in [5.41, 5.74) is 8.38. The molecule has 1 saturated heterocycles. The molecule has 0 bridgehead atoms. The lowest BCUT2D eigenvalue weighted by atomic mass is 10.1. The fourth-order valence-corrected chi connectivity index (χ4v) is 2.64. The van der Waals surface area contributed by atoms with Crippen LogP contribution in [0.5, 0.6) is 0 Å². The molecule has 2 N–H and O–H groups in total. The predicted molar refractivity (Wildman–Crippen MR) is 82.2 cm³/mol. The third-order valence-electron chi connectivity index (χ3n) is 3.91. The first-order valence-electron chi connectivity index (χ1n) is 7.39. The van der Waals surface area contributed by atoms with E-state index in [1.165, 1.54) is 5.56 Å². The maximum Gasteiger partial charge on any atom is 0.0991 e. The number of hydrogen-bond donors (Lipinski definition) is 1. The minimum Gasteiger partial charge on any atom is -0.374 e. The van der Waals surface area contributed by atoms with Gasteiger partial charge in [-0.15, -0.1) is 0 Å². The van der Waals surface area contributed by atoms with Gasteiger partial charge in [-0.2, -0.15) is 0 Å². The van der Waals surface area contributed by atoms with Gasteiger partial charge in [-0.25, -0.2) is 4.98 Å². The van der Waals surface area contributed by atoms with Crippen LogP contribution in [-0.2, 0) is 11.3 Å². The van der Waals surface area contributed by atoms with Gasteiger partial charge < -0.3 is 15.0 Å². The first-order valence-corrected chi connectivity index (χ1v) is 7.39. The van der Waals surface area contributed by atoms with E-state index in [9.17, 15) is 0 Å². The van der Waals surface area contributed by atoms with E-state index >= 15 is 0 Å². The molecule has 1 aliphatic rings. The normalized spacial score (nSPS) is 21.3. The van der Waals surface area contributed by atoms with Gasteiger partial charge in [0.25, 0.3) is 0 Å². The third kappa shape index (κ3) is 3.50. The quantitative estimate of drug-likeness (QED) is 0.923. The van der Waals surface area contributed by atoms with Gasteiger partial charge >= 0.3 is 0 Å². The molecule has 2 aromatic rings. The fourth-order valence-electron chi connectivity index (χ4n) is 2.64. The zero-order valence-electron chi connectivity index (χ0n) is 12.4. The first-order chi connectivity index (χ1) is 10.2. The number of nitrogens with two attached hydrogens (primary N) is 1. The molecule has 1 aromatic heterocycles. The van der Waals surface area contributed by atoms with Gasteiger partial charge in [0, 0.05) is 43.8 Å². The first kappa shape index (κ1) is 14.3. The molecular weight excluding hydrogens is 264 g/mol. The minimum absolute atomic E-state index is 0.0800. The minimum atomic E-state index is 0.0800. The zero-order valence-corrected chi connectivity index (χ0v) is 12.4. The lowest BCUT2D eigenvalue weighted by Gasteiger charge is -2.34. The molecular formula is C16H22N4O. The summed E-state index contributed by atoms with van der Waals surface area (Å²) < 4.78 is 7.70. The molecule has 1 fully saturated rings. The van der Waals surface area contributed by atoms with E-state index in [4.69, 9.17) is 10.5 Å². The Labute approximate surface area is 125 Å². The van der Waals surface area contributed by atoms with Crippen LogP contribution in [0, 0.1) is 0 Å². The van der Waals surface area contributed by atoms with E-state index in [1.54, 1.807) is 6.20 Å². The third-order valence-corrected chi connectivity index (χ3v) is 3.91. The molecule has 0 amide bonds. The van der Waals surface area contributed by atoms with Crippen molar-refractivity contribution in [3.05, 3.63) is 48.5 Å². The van der Waals surface area contributed by atoms with Gasteiger partial charge in [0.1, 0.15) is 0 Å². The van der Waals surface area contributed by atoms with Crippen LogP contribution in [0.3, 0.4) is 0 Å². The van der Waals surface area contributed by atoms with Gasteiger partial charge in [0.15, 0.2) is 0 Å². The van der Waals surface area contributed by atoms with Gasteiger partial charge in [0.2, 0.25) is 0 Å². The Hall–Kier alpha value is -1.69. The lowest BCUT2D eigenvalue weighted by Crippen LogP contribution is -2.49. The number of nitrogens with zero attached hydrogens (tertiary/aromatic N) is 3. The second-order valence-corrected chi connectivity index (χ2v) is 5.64. The SMILES string of the molecule is CC(N)C1CN(Cc2ccc(-n3ccnc3)cc2)CCO1. The van der Waals surface area contributed by atoms with Crippen molar-refractivity contribution in [2.24, 2.45) is 5.73 Å². The average molecular weight is 286 g/mol. The Morgan fingerprint density at radius 3 is 2.86 bits per heavy atom. The van der Waals surface area contributed by atoms with E-state index in [-0.39, 0.29) is 12.1 Å².